The number of nitrogens with zero attached hydrogens (tertiary/aromatic N) is 1. The van der Waals surface area contributed by atoms with E-state index in [1.165, 1.54) is 24.4 Å². The molecule has 0 atom stereocenters. The molecule has 0 fully saturated rings. The van der Waals surface area contributed by atoms with Crippen LogP contribution in [0.2, 0.25) is 10.2 Å². The number of amides is 1. The van der Waals surface area contributed by atoms with Gasteiger partial charge in [0.05, 0.1) is 10.6 Å². The molecular formula is C14H11Cl2FN2O. The van der Waals surface area contributed by atoms with Crippen molar-refractivity contribution in [2.75, 3.05) is 6.54 Å². The Morgan fingerprint density at radius 2 is 2.10 bits per heavy atom. The number of halogens is 3. The number of benzene rings is 1. The first-order chi connectivity index (χ1) is 9.56. The van der Waals surface area contributed by atoms with E-state index < -0.39 is 0 Å². The van der Waals surface area contributed by atoms with Gasteiger partial charge in [0.1, 0.15) is 11.0 Å². The van der Waals surface area contributed by atoms with Gasteiger partial charge in [0, 0.05) is 12.7 Å². The van der Waals surface area contributed by atoms with Gasteiger partial charge in [0.2, 0.25) is 0 Å². The molecule has 0 unspecified atom stereocenters. The molecule has 0 aliphatic carbocycles. The van der Waals surface area contributed by atoms with Gasteiger partial charge in [-0.15, -0.1) is 0 Å². The third-order valence-corrected chi connectivity index (χ3v) is 3.33. The fourth-order valence-corrected chi connectivity index (χ4v) is 1.93. The number of nitrogens with one attached hydrogen (secondary N) is 1. The third-order valence-electron chi connectivity index (χ3n) is 2.65. The predicted octanol–water partition coefficient (Wildman–Crippen LogP) is 3.50. The van der Waals surface area contributed by atoms with Gasteiger partial charge in [-0.2, -0.15) is 0 Å². The largest absolute Gasteiger partial charge is 0.352 e. The van der Waals surface area contributed by atoms with E-state index in [0.717, 1.165) is 5.56 Å². The van der Waals surface area contributed by atoms with Crippen LogP contribution in [0.4, 0.5) is 4.39 Å². The summed E-state index contributed by atoms with van der Waals surface area (Å²) in [6.07, 6.45) is 1.89. The number of carbonyl (C=O) groups excluding carboxylic acids is 1. The number of hydrogen-bond acceptors (Lipinski definition) is 2. The quantitative estimate of drug-likeness (QED) is 0.878. The van der Waals surface area contributed by atoms with Crippen molar-refractivity contribution in [1.82, 2.24) is 10.3 Å². The zero-order valence-corrected chi connectivity index (χ0v) is 11.9. The molecule has 1 aromatic heterocycles. The van der Waals surface area contributed by atoms with Crippen molar-refractivity contribution in [3.63, 3.8) is 0 Å². The van der Waals surface area contributed by atoms with E-state index in [-0.39, 0.29) is 21.9 Å². The first kappa shape index (κ1) is 14.8. The number of hydrogen-bond donors (Lipinski definition) is 1. The summed E-state index contributed by atoms with van der Waals surface area (Å²) in [5, 5.41) is 3.09. The molecule has 0 aliphatic rings. The SMILES string of the molecule is O=C(NCCc1cccc(F)c1)c1cnc(Cl)c(Cl)c1. The molecular weight excluding hydrogens is 302 g/mol. The van der Waals surface area contributed by atoms with Gasteiger partial charge in [-0.1, -0.05) is 35.3 Å². The third kappa shape index (κ3) is 3.92. The molecule has 20 heavy (non-hydrogen) atoms. The summed E-state index contributed by atoms with van der Waals surface area (Å²) in [4.78, 5) is 15.6. The van der Waals surface area contributed by atoms with Gasteiger partial charge in [-0.3, -0.25) is 4.79 Å². The first-order valence-corrected chi connectivity index (χ1v) is 6.65. The topological polar surface area (TPSA) is 42.0 Å². The second-order valence-electron chi connectivity index (χ2n) is 4.13. The molecule has 1 heterocycles. The molecule has 6 heteroatoms. The highest BCUT2D eigenvalue weighted by molar-refractivity contribution is 6.41. The summed E-state index contributed by atoms with van der Waals surface area (Å²) < 4.78 is 13.0. The molecule has 0 saturated carbocycles. The van der Waals surface area contributed by atoms with E-state index in [9.17, 15) is 9.18 Å². The Morgan fingerprint density at radius 1 is 1.30 bits per heavy atom. The summed E-state index contributed by atoms with van der Waals surface area (Å²) in [6.45, 7) is 0.391. The molecule has 3 nitrogen and oxygen atoms in total. The van der Waals surface area contributed by atoms with Gasteiger partial charge in [0.15, 0.2) is 0 Å². The molecule has 0 aliphatic heterocycles. The zero-order chi connectivity index (χ0) is 14.5. The van der Waals surface area contributed by atoms with Crippen molar-refractivity contribution < 1.29 is 9.18 Å². The maximum absolute atomic E-state index is 13.0. The van der Waals surface area contributed by atoms with Crippen molar-refractivity contribution >= 4 is 29.1 Å². The lowest BCUT2D eigenvalue weighted by Crippen LogP contribution is -2.25. The standard InChI is InChI=1S/C14H11Cl2FN2O/c15-12-7-10(8-19-13(12)16)14(20)18-5-4-9-2-1-3-11(17)6-9/h1-3,6-8H,4-5H2,(H,18,20). The highest BCUT2D eigenvalue weighted by Crippen LogP contribution is 2.19. The van der Waals surface area contributed by atoms with E-state index in [0.29, 0.717) is 18.5 Å². The van der Waals surface area contributed by atoms with Crippen LogP contribution in [0.15, 0.2) is 36.5 Å². The summed E-state index contributed by atoms with van der Waals surface area (Å²) in [5.74, 6) is -0.588. The fraction of sp³-hybridized carbons (Fsp3) is 0.143. The van der Waals surface area contributed by atoms with Gasteiger partial charge in [0.25, 0.3) is 5.91 Å². The Labute approximate surface area is 125 Å². The Bertz CT molecular complexity index is 634. The van der Waals surface area contributed by atoms with Crippen LogP contribution in [-0.4, -0.2) is 17.4 Å². The number of rotatable bonds is 4. The second-order valence-corrected chi connectivity index (χ2v) is 4.90. The van der Waals surface area contributed by atoms with Crippen LogP contribution < -0.4 is 5.32 Å². The minimum atomic E-state index is -0.299. The molecule has 0 radical (unpaired) electrons. The molecule has 0 saturated heterocycles. The van der Waals surface area contributed by atoms with E-state index in [1.54, 1.807) is 12.1 Å². The minimum absolute atomic E-state index is 0.156. The summed E-state index contributed by atoms with van der Waals surface area (Å²) >= 11 is 11.5. The van der Waals surface area contributed by atoms with Crippen molar-refractivity contribution in [2.45, 2.75) is 6.42 Å². The maximum Gasteiger partial charge on any atom is 0.252 e. The molecule has 0 bridgehead atoms. The lowest BCUT2D eigenvalue weighted by molar-refractivity contribution is 0.0954. The van der Waals surface area contributed by atoms with Crippen LogP contribution in [0.1, 0.15) is 15.9 Å². The zero-order valence-electron chi connectivity index (χ0n) is 10.4. The summed E-state index contributed by atoms with van der Waals surface area (Å²) in [7, 11) is 0. The summed E-state index contributed by atoms with van der Waals surface area (Å²) in [6, 6.07) is 7.70. The van der Waals surface area contributed by atoms with E-state index in [4.69, 9.17) is 23.2 Å². The molecule has 1 N–H and O–H groups in total. The van der Waals surface area contributed by atoms with Gasteiger partial charge in [-0.05, 0) is 30.2 Å². The summed E-state index contributed by atoms with van der Waals surface area (Å²) in [5.41, 5.74) is 1.15. The second kappa shape index (κ2) is 6.68. The number of pyridine rings is 1. The first-order valence-electron chi connectivity index (χ1n) is 5.90. The van der Waals surface area contributed by atoms with Gasteiger partial charge >= 0.3 is 0 Å². The Balaban J connectivity index is 1.90. The molecule has 1 amide bonds. The van der Waals surface area contributed by atoms with E-state index in [2.05, 4.69) is 10.3 Å². The van der Waals surface area contributed by atoms with Crippen LogP contribution in [0.3, 0.4) is 0 Å². The van der Waals surface area contributed by atoms with Crippen molar-refractivity contribution in [3.05, 3.63) is 63.6 Å². The minimum Gasteiger partial charge on any atom is -0.352 e. The Morgan fingerprint density at radius 3 is 2.80 bits per heavy atom. The molecule has 1 aromatic carbocycles. The lowest BCUT2D eigenvalue weighted by Gasteiger charge is -2.06. The van der Waals surface area contributed by atoms with Crippen molar-refractivity contribution in [1.29, 1.82) is 0 Å². The van der Waals surface area contributed by atoms with Crippen molar-refractivity contribution in [3.8, 4) is 0 Å². The van der Waals surface area contributed by atoms with E-state index in [1.807, 2.05) is 0 Å². The molecule has 2 aromatic rings. The fourth-order valence-electron chi connectivity index (χ4n) is 1.66. The molecule has 0 spiro atoms. The Hall–Kier alpha value is -1.65. The highest BCUT2D eigenvalue weighted by atomic mass is 35.5. The molecule has 2 rings (SSSR count). The smallest absolute Gasteiger partial charge is 0.252 e. The van der Waals surface area contributed by atoms with E-state index >= 15 is 0 Å². The van der Waals surface area contributed by atoms with Crippen molar-refractivity contribution in [2.24, 2.45) is 0 Å². The Kier molecular flexibility index (Phi) is 4.93. The number of aromatic nitrogens is 1. The van der Waals surface area contributed by atoms with Crippen LogP contribution >= 0.6 is 23.2 Å². The molecule has 104 valence electrons. The highest BCUT2D eigenvalue weighted by Gasteiger charge is 2.08. The van der Waals surface area contributed by atoms with Crippen LogP contribution in [0.25, 0.3) is 0 Å². The average Bonchev–Trinajstić information content (AvgIpc) is 2.42. The van der Waals surface area contributed by atoms with Gasteiger partial charge < -0.3 is 5.32 Å². The predicted molar refractivity (Wildman–Crippen MR) is 76.7 cm³/mol. The van der Waals surface area contributed by atoms with Crippen LogP contribution in [0, 0.1) is 5.82 Å². The monoisotopic (exact) mass is 312 g/mol. The van der Waals surface area contributed by atoms with Crippen LogP contribution in [-0.2, 0) is 6.42 Å². The van der Waals surface area contributed by atoms with Crippen LogP contribution in [0.5, 0.6) is 0 Å². The lowest BCUT2D eigenvalue weighted by atomic mass is 10.1. The maximum atomic E-state index is 13.0. The average molecular weight is 313 g/mol. The van der Waals surface area contributed by atoms with Gasteiger partial charge in [-0.25, -0.2) is 9.37 Å². The normalized spacial score (nSPS) is 10.3. The number of carbonyl (C=O) groups is 1.